The van der Waals surface area contributed by atoms with Crippen LogP contribution in [0, 0.1) is 20.8 Å². The van der Waals surface area contributed by atoms with E-state index in [1.54, 1.807) is 7.11 Å². The molecule has 0 aromatic heterocycles. The standard InChI is InChI=1S/C20H26N2O2/c1-14-10-15(2)20(16(3)11-14)21-19(23)13-22(4)12-17-6-8-18(24-5)9-7-17/h6-11H,12-13H2,1-5H3,(H,21,23). The maximum Gasteiger partial charge on any atom is 0.238 e. The van der Waals surface area contributed by atoms with Gasteiger partial charge in [0.1, 0.15) is 5.75 Å². The van der Waals surface area contributed by atoms with Crippen molar-refractivity contribution in [1.29, 1.82) is 0 Å². The molecule has 0 spiro atoms. The second kappa shape index (κ2) is 7.97. The molecule has 0 atom stereocenters. The predicted octanol–water partition coefficient (Wildman–Crippen LogP) is 3.69. The predicted molar refractivity (Wildman–Crippen MR) is 98.6 cm³/mol. The molecule has 1 N–H and O–H groups in total. The van der Waals surface area contributed by atoms with Gasteiger partial charge in [-0.1, -0.05) is 29.8 Å². The van der Waals surface area contributed by atoms with E-state index in [9.17, 15) is 4.79 Å². The molecule has 4 heteroatoms. The van der Waals surface area contributed by atoms with Crippen molar-refractivity contribution in [2.24, 2.45) is 0 Å². The lowest BCUT2D eigenvalue weighted by Crippen LogP contribution is -2.30. The van der Waals surface area contributed by atoms with Crippen molar-refractivity contribution in [3.05, 3.63) is 58.7 Å². The highest BCUT2D eigenvalue weighted by atomic mass is 16.5. The molecule has 24 heavy (non-hydrogen) atoms. The van der Waals surface area contributed by atoms with Crippen molar-refractivity contribution in [3.63, 3.8) is 0 Å². The number of aryl methyl sites for hydroxylation is 3. The van der Waals surface area contributed by atoms with Gasteiger partial charge in [-0.2, -0.15) is 0 Å². The van der Waals surface area contributed by atoms with Gasteiger partial charge in [0.15, 0.2) is 0 Å². The highest BCUT2D eigenvalue weighted by molar-refractivity contribution is 5.93. The molecule has 2 aromatic rings. The van der Waals surface area contributed by atoms with Crippen LogP contribution in [-0.2, 0) is 11.3 Å². The number of carbonyl (C=O) groups is 1. The molecule has 1 amide bonds. The summed E-state index contributed by atoms with van der Waals surface area (Å²) in [6.45, 7) is 7.17. The fourth-order valence-corrected chi connectivity index (χ4v) is 2.90. The van der Waals surface area contributed by atoms with Gasteiger partial charge in [-0.05, 0) is 56.6 Å². The molecular formula is C20H26N2O2. The van der Waals surface area contributed by atoms with Crippen molar-refractivity contribution >= 4 is 11.6 Å². The molecule has 128 valence electrons. The van der Waals surface area contributed by atoms with Crippen molar-refractivity contribution in [2.75, 3.05) is 26.0 Å². The van der Waals surface area contributed by atoms with Crippen molar-refractivity contribution < 1.29 is 9.53 Å². The molecule has 0 saturated heterocycles. The number of ether oxygens (including phenoxy) is 1. The van der Waals surface area contributed by atoms with Crippen LogP contribution in [0.1, 0.15) is 22.3 Å². The number of carbonyl (C=O) groups excluding carboxylic acids is 1. The minimum Gasteiger partial charge on any atom is -0.497 e. The Morgan fingerprint density at radius 1 is 1.08 bits per heavy atom. The van der Waals surface area contributed by atoms with Gasteiger partial charge in [-0.3, -0.25) is 9.69 Å². The molecule has 2 rings (SSSR count). The lowest BCUT2D eigenvalue weighted by molar-refractivity contribution is -0.117. The van der Waals surface area contributed by atoms with Crippen LogP contribution in [-0.4, -0.2) is 31.5 Å². The monoisotopic (exact) mass is 326 g/mol. The molecule has 0 saturated carbocycles. The molecular weight excluding hydrogens is 300 g/mol. The maximum atomic E-state index is 12.3. The first kappa shape index (κ1) is 18.0. The number of rotatable bonds is 6. The topological polar surface area (TPSA) is 41.6 Å². The summed E-state index contributed by atoms with van der Waals surface area (Å²) in [4.78, 5) is 14.3. The van der Waals surface area contributed by atoms with Gasteiger partial charge < -0.3 is 10.1 Å². The van der Waals surface area contributed by atoms with E-state index in [0.29, 0.717) is 13.1 Å². The minimum absolute atomic E-state index is 0.000986. The average Bonchev–Trinajstić information content (AvgIpc) is 2.51. The van der Waals surface area contributed by atoms with E-state index < -0.39 is 0 Å². The zero-order chi connectivity index (χ0) is 17.7. The number of methoxy groups -OCH3 is 1. The summed E-state index contributed by atoms with van der Waals surface area (Å²) in [5.74, 6) is 0.838. The average molecular weight is 326 g/mol. The number of hydrogen-bond acceptors (Lipinski definition) is 3. The summed E-state index contributed by atoms with van der Waals surface area (Å²) in [5.41, 5.74) is 5.47. The highest BCUT2D eigenvalue weighted by Crippen LogP contribution is 2.21. The molecule has 0 radical (unpaired) electrons. The Kier molecular flexibility index (Phi) is 5.99. The first-order valence-electron chi connectivity index (χ1n) is 8.08. The number of likely N-dealkylation sites (N-methyl/N-ethyl adjacent to an activating group) is 1. The van der Waals surface area contributed by atoms with Gasteiger partial charge in [-0.25, -0.2) is 0 Å². The van der Waals surface area contributed by atoms with E-state index >= 15 is 0 Å². The van der Waals surface area contributed by atoms with Gasteiger partial charge in [0, 0.05) is 12.2 Å². The molecule has 0 fully saturated rings. The third kappa shape index (κ3) is 4.83. The van der Waals surface area contributed by atoms with Crippen molar-refractivity contribution in [2.45, 2.75) is 27.3 Å². The summed E-state index contributed by atoms with van der Waals surface area (Å²) < 4.78 is 5.16. The smallest absolute Gasteiger partial charge is 0.238 e. The van der Waals surface area contributed by atoms with Crippen LogP contribution in [0.25, 0.3) is 0 Å². The molecule has 0 unspecified atom stereocenters. The normalized spacial score (nSPS) is 10.8. The number of amides is 1. The Labute approximate surface area is 144 Å². The van der Waals surface area contributed by atoms with Gasteiger partial charge in [0.05, 0.1) is 13.7 Å². The Morgan fingerprint density at radius 2 is 1.67 bits per heavy atom. The Morgan fingerprint density at radius 3 is 2.21 bits per heavy atom. The second-order valence-electron chi connectivity index (χ2n) is 6.34. The van der Waals surface area contributed by atoms with Crippen LogP contribution in [0.4, 0.5) is 5.69 Å². The van der Waals surface area contributed by atoms with Crippen molar-refractivity contribution in [3.8, 4) is 5.75 Å². The Balaban J connectivity index is 1.94. The quantitative estimate of drug-likeness (QED) is 0.880. The van der Waals surface area contributed by atoms with E-state index in [-0.39, 0.29) is 5.91 Å². The van der Waals surface area contributed by atoms with Crippen LogP contribution >= 0.6 is 0 Å². The van der Waals surface area contributed by atoms with Gasteiger partial charge >= 0.3 is 0 Å². The van der Waals surface area contributed by atoms with Crippen LogP contribution in [0.15, 0.2) is 36.4 Å². The summed E-state index contributed by atoms with van der Waals surface area (Å²) in [6, 6.07) is 12.1. The second-order valence-corrected chi connectivity index (χ2v) is 6.34. The Bertz CT molecular complexity index is 685. The SMILES string of the molecule is COc1ccc(CN(C)CC(=O)Nc2c(C)cc(C)cc2C)cc1. The number of anilines is 1. The van der Waals surface area contributed by atoms with Crippen LogP contribution in [0.2, 0.25) is 0 Å². The van der Waals surface area contributed by atoms with E-state index in [4.69, 9.17) is 4.74 Å². The minimum atomic E-state index is 0.000986. The van der Waals surface area contributed by atoms with Gasteiger partial charge in [0.2, 0.25) is 5.91 Å². The largest absolute Gasteiger partial charge is 0.497 e. The lowest BCUT2D eigenvalue weighted by Gasteiger charge is -2.18. The maximum absolute atomic E-state index is 12.3. The fraction of sp³-hybridized carbons (Fsp3) is 0.350. The molecule has 4 nitrogen and oxygen atoms in total. The van der Waals surface area contributed by atoms with E-state index in [0.717, 1.165) is 28.1 Å². The highest BCUT2D eigenvalue weighted by Gasteiger charge is 2.11. The van der Waals surface area contributed by atoms with E-state index in [1.165, 1.54) is 5.56 Å². The third-order valence-corrected chi connectivity index (χ3v) is 3.97. The third-order valence-electron chi connectivity index (χ3n) is 3.97. The van der Waals surface area contributed by atoms with Crippen LogP contribution in [0.5, 0.6) is 5.75 Å². The number of nitrogens with zero attached hydrogens (tertiary/aromatic N) is 1. The summed E-state index contributed by atoms with van der Waals surface area (Å²) in [7, 11) is 3.60. The van der Waals surface area contributed by atoms with Crippen LogP contribution < -0.4 is 10.1 Å². The summed E-state index contributed by atoms with van der Waals surface area (Å²) >= 11 is 0. The van der Waals surface area contributed by atoms with Gasteiger partial charge in [-0.15, -0.1) is 0 Å². The zero-order valence-electron chi connectivity index (χ0n) is 15.1. The van der Waals surface area contributed by atoms with Crippen molar-refractivity contribution in [1.82, 2.24) is 4.90 Å². The first-order valence-corrected chi connectivity index (χ1v) is 8.08. The first-order chi connectivity index (χ1) is 11.4. The summed E-state index contributed by atoms with van der Waals surface area (Å²) in [6.07, 6.45) is 0. The number of nitrogens with one attached hydrogen (secondary N) is 1. The molecule has 0 aliphatic rings. The molecule has 0 bridgehead atoms. The summed E-state index contributed by atoms with van der Waals surface area (Å²) in [5, 5.41) is 3.04. The number of hydrogen-bond donors (Lipinski definition) is 1. The molecule has 0 heterocycles. The Hall–Kier alpha value is -2.33. The zero-order valence-corrected chi connectivity index (χ0v) is 15.1. The van der Waals surface area contributed by atoms with E-state index in [2.05, 4.69) is 24.4 Å². The van der Waals surface area contributed by atoms with Gasteiger partial charge in [0.25, 0.3) is 0 Å². The molecule has 0 aliphatic carbocycles. The molecule has 2 aromatic carbocycles. The molecule has 0 aliphatic heterocycles. The van der Waals surface area contributed by atoms with Crippen LogP contribution in [0.3, 0.4) is 0 Å². The van der Waals surface area contributed by atoms with E-state index in [1.807, 2.05) is 50.1 Å². The lowest BCUT2D eigenvalue weighted by atomic mass is 10.1. The number of benzene rings is 2. The fourth-order valence-electron chi connectivity index (χ4n) is 2.90.